The molecule has 0 saturated heterocycles. The van der Waals surface area contributed by atoms with E-state index < -0.39 is 17.0 Å². The van der Waals surface area contributed by atoms with Crippen LogP contribution in [0.15, 0.2) is 24.4 Å². The van der Waals surface area contributed by atoms with Crippen molar-refractivity contribution in [3.63, 3.8) is 0 Å². The second-order valence-corrected chi connectivity index (χ2v) is 4.49. The first-order valence-corrected chi connectivity index (χ1v) is 6.45. The predicted octanol–water partition coefficient (Wildman–Crippen LogP) is 1.26. The number of aromatic nitrogens is 2. The van der Waals surface area contributed by atoms with Crippen molar-refractivity contribution in [2.75, 3.05) is 6.61 Å². The predicted molar refractivity (Wildman–Crippen MR) is 73.6 cm³/mol. The highest BCUT2D eigenvalue weighted by atomic mass is 16.6. The molecule has 2 aromatic rings. The van der Waals surface area contributed by atoms with Crippen molar-refractivity contribution in [2.45, 2.75) is 26.0 Å². The number of nitro benzene ring substituents is 1. The number of ether oxygens (including phenoxy) is 1. The third-order valence-corrected chi connectivity index (χ3v) is 2.93. The van der Waals surface area contributed by atoms with Crippen LogP contribution in [0.1, 0.15) is 13.3 Å². The van der Waals surface area contributed by atoms with E-state index in [4.69, 9.17) is 4.74 Å². The summed E-state index contributed by atoms with van der Waals surface area (Å²) in [4.78, 5) is 21.6. The molecule has 0 aliphatic heterocycles. The maximum Gasteiger partial charge on any atom is 0.308 e. The SMILES string of the molecule is CCOC(=O)CC(O)Cn1ncc2ccc([N+](=O)[O-])cc21. The van der Waals surface area contributed by atoms with Gasteiger partial charge in [0, 0.05) is 17.5 Å². The minimum absolute atomic E-state index is 0.0517. The van der Waals surface area contributed by atoms with Crippen LogP contribution in [0.5, 0.6) is 0 Å². The Bertz CT molecular complexity index is 667. The molecule has 2 rings (SSSR count). The summed E-state index contributed by atoms with van der Waals surface area (Å²) in [6, 6.07) is 4.37. The first-order valence-electron chi connectivity index (χ1n) is 6.45. The van der Waals surface area contributed by atoms with Crippen molar-refractivity contribution in [3.8, 4) is 0 Å². The van der Waals surface area contributed by atoms with Crippen LogP contribution in [0, 0.1) is 10.1 Å². The molecule has 0 spiro atoms. The van der Waals surface area contributed by atoms with Crippen LogP contribution in [-0.2, 0) is 16.1 Å². The van der Waals surface area contributed by atoms with Crippen LogP contribution >= 0.6 is 0 Å². The molecule has 8 nitrogen and oxygen atoms in total. The van der Waals surface area contributed by atoms with Gasteiger partial charge in [0.15, 0.2) is 0 Å². The minimum Gasteiger partial charge on any atom is -0.466 e. The molecule has 1 aromatic carbocycles. The van der Waals surface area contributed by atoms with Crippen molar-refractivity contribution < 1.29 is 19.6 Å². The highest BCUT2D eigenvalue weighted by Crippen LogP contribution is 2.21. The van der Waals surface area contributed by atoms with Gasteiger partial charge in [-0.3, -0.25) is 19.6 Å². The molecule has 0 radical (unpaired) electrons. The summed E-state index contributed by atoms with van der Waals surface area (Å²) in [6.45, 7) is 2.00. The molecule has 112 valence electrons. The smallest absolute Gasteiger partial charge is 0.308 e. The number of carbonyl (C=O) groups excluding carboxylic acids is 1. The molecule has 0 bridgehead atoms. The van der Waals surface area contributed by atoms with E-state index in [1.54, 1.807) is 19.2 Å². The number of benzene rings is 1. The summed E-state index contributed by atoms with van der Waals surface area (Å²) in [5, 5.41) is 25.4. The van der Waals surface area contributed by atoms with Gasteiger partial charge in [-0.05, 0) is 13.0 Å². The Labute approximate surface area is 120 Å². The molecule has 1 atom stereocenters. The van der Waals surface area contributed by atoms with Gasteiger partial charge in [0.1, 0.15) is 0 Å². The third kappa shape index (κ3) is 3.54. The molecular weight excluding hydrogens is 278 g/mol. The standard InChI is InChI=1S/C13H15N3O5/c1-2-21-13(18)6-11(17)8-15-12-5-10(16(19)20)4-3-9(12)7-14-15/h3-5,7,11,17H,2,6,8H2,1H3. The molecule has 8 heteroatoms. The number of esters is 1. The number of aliphatic hydroxyl groups excluding tert-OH is 1. The number of nitrogens with zero attached hydrogens (tertiary/aromatic N) is 3. The fourth-order valence-corrected chi connectivity index (χ4v) is 1.99. The molecule has 0 fully saturated rings. The van der Waals surface area contributed by atoms with Gasteiger partial charge in [0.2, 0.25) is 0 Å². The summed E-state index contributed by atoms with van der Waals surface area (Å²) in [5.41, 5.74) is 0.483. The molecule has 1 N–H and O–H groups in total. The quantitative estimate of drug-likeness (QED) is 0.488. The van der Waals surface area contributed by atoms with E-state index in [2.05, 4.69) is 5.10 Å². The van der Waals surface area contributed by atoms with E-state index in [9.17, 15) is 20.0 Å². The fourth-order valence-electron chi connectivity index (χ4n) is 1.99. The Morgan fingerprint density at radius 3 is 3.00 bits per heavy atom. The molecule has 1 heterocycles. The highest BCUT2D eigenvalue weighted by Gasteiger charge is 2.15. The van der Waals surface area contributed by atoms with Gasteiger partial charge in [0.05, 0.1) is 42.3 Å². The van der Waals surface area contributed by atoms with E-state index in [-0.39, 0.29) is 25.3 Å². The summed E-state index contributed by atoms with van der Waals surface area (Å²) in [6.07, 6.45) is 0.437. The zero-order valence-electron chi connectivity index (χ0n) is 11.4. The molecule has 1 unspecified atom stereocenters. The average molecular weight is 293 g/mol. The average Bonchev–Trinajstić information content (AvgIpc) is 2.81. The van der Waals surface area contributed by atoms with E-state index in [0.717, 1.165) is 5.39 Å². The summed E-state index contributed by atoms with van der Waals surface area (Å²) in [7, 11) is 0. The fraction of sp³-hybridized carbons (Fsp3) is 0.385. The number of carbonyl (C=O) groups is 1. The van der Waals surface area contributed by atoms with Gasteiger partial charge in [-0.2, -0.15) is 5.10 Å². The third-order valence-electron chi connectivity index (χ3n) is 2.93. The molecular formula is C13H15N3O5. The second-order valence-electron chi connectivity index (χ2n) is 4.49. The summed E-state index contributed by atoms with van der Waals surface area (Å²) in [5.74, 6) is -0.493. The maximum atomic E-state index is 11.3. The largest absolute Gasteiger partial charge is 0.466 e. The van der Waals surface area contributed by atoms with Crippen LogP contribution < -0.4 is 0 Å². The number of hydrogen-bond acceptors (Lipinski definition) is 6. The van der Waals surface area contributed by atoms with Crippen molar-refractivity contribution >= 4 is 22.6 Å². The van der Waals surface area contributed by atoms with Gasteiger partial charge in [-0.15, -0.1) is 0 Å². The second kappa shape index (κ2) is 6.31. The van der Waals surface area contributed by atoms with E-state index >= 15 is 0 Å². The Hall–Kier alpha value is -2.48. The lowest BCUT2D eigenvalue weighted by atomic mass is 10.2. The first-order chi connectivity index (χ1) is 10.0. The van der Waals surface area contributed by atoms with Crippen LogP contribution in [0.4, 0.5) is 5.69 Å². The summed E-state index contributed by atoms with van der Waals surface area (Å²) >= 11 is 0. The number of non-ortho nitro benzene ring substituents is 1. The lowest BCUT2D eigenvalue weighted by molar-refractivity contribution is -0.384. The maximum absolute atomic E-state index is 11.3. The van der Waals surface area contributed by atoms with Crippen LogP contribution in [-0.4, -0.2) is 38.5 Å². The van der Waals surface area contributed by atoms with Crippen molar-refractivity contribution in [1.29, 1.82) is 0 Å². The van der Waals surface area contributed by atoms with E-state index in [1.807, 2.05) is 0 Å². The van der Waals surface area contributed by atoms with Crippen molar-refractivity contribution in [1.82, 2.24) is 9.78 Å². The molecule has 0 aliphatic rings. The lowest BCUT2D eigenvalue weighted by Gasteiger charge is -2.10. The number of rotatable bonds is 6. The molecule has 0 saturated carbocycles. The minimum atomic E-state index is -0.966. The Morgan fingerprint density at radius 1 is 1.57 bits per heavy atom. The molecule has 1 aromatic heterocycles. The lowest BCUT2D eigenvalue weighted by Crippen LogP contribution is -2.21. The van der Waals surface area contributed by atoms with E-state index in [0.29, 0.717) is 5.52 Å². The van der Waals surface area contributed by atoms with Crippen molar-refractivity contribution in [3.05, 3.63) is 34.5 Å². The van der Waals surface area contributed by atoms with Crippen molar-refractivity contribution in [2.24, 2.45) is 0 Å². The molecule has 21 heavy (non-hydrogen) atoms. The number of hydrogen-bond donors (Lipinski definition) is 1. The Balaban J connectivity index is 2.16. The number of fused-ring (bicyclic) bond motifs is 1. The summed E-state index contributed by atoms with van der Waals surface area (Å²) < 4.78 is 6.19. The topological polar surface area (TPSA) is 107 Å². The zero-order valence-corrected chi connectivity index (χ0v) is 11.4. The van der Waals surface area contributed by atoms with Crippen LogP contribution in [0.2, 0.25) is 0 Å². The van der Waals surface area contributed by atoms with Gasteiger partial charge < -0.3 is 9.84 Å². The molecule has 0 amide bonds. The van der Waals surface area contributed by atoms with Gasteiger partial charge in [-0.25, -0.2) is 0 Å². The molecule has 0 aliphatic carbocycles. The monoisotopic (exact) mass is 293 g/mol. The Kier molecular flexibility index (Phi) is 4.49. The van der Waals surface area contributed by atoms with Gasteiger partial charge in [0.25, 0.3) is 5.69 Å². The van der Waals surface area contributed by atoms with E-state index in [1.165, 1.54) is 16.8 Å². The first kappa shape index (κ1) is 14.9. The van der Waals surface area contributed by atoms with Crippen LogP contribution in [0.25, 0.3) is 10.9 Å². The van der Waals surface area contributed by atoms with Crippen LogP contribution in [0.3, 0.4) is 0 Å². The number of aliphatic hydroxyl groups is 1. The van der Waals surface area contributed by atoms with Gasteiger partial charge in [-0.1, -0.05) is 0 Å². The normalized spacial score (nSPS) is 12.3. The zero-order chi connectivity index (χ0) is 15.4. The highest BCUT2D eigenvalue weighted by molar-refractivity contribution is 5.81. The Morgan fingerprint density at radius 2 is 2.33 bits per heavy atom. The number of nitro groups is 1. The van der Waals surface area contributed by atoms with Gasteiger partial charge >= 0.3 is 5.97 Å².